The van der Waals surface area contributed by atoms with E-state index in [4.69, 9.17) is 0 Å². The third kappa shape index (κ3) is 4.30. The van der Waals surface area contributed by atoms with Crippen molar-refractivity contribution >= 4 is 51.6 Å². The summed E-state index contributed by atoms with van der Waals surface area (Å²) >= 11 is 2.04. The summed E-state index contributed by atoms with van der Waals surface area (Å²) in [6, 6.07) is 21.2. The van der Waals surface area contributed by atoms with E-state index >= 15 is 0 Å². The number of benzene rings is 2. The van der Waals surface area contributed by atoms with E-state index in [1.807, 2.05) is 12.1 Å². The molecule has 1 aromatic heterocycles. The Bertz CT molecular complexity index is 1140. The lowest BCUT2D eigenvalue weighted by atomic mass is 10.1. The van der Waals surface area contributed by atoms with Crippen LogP contribution in [0, 0.1) is 0 Å². The van der Waals surface area contributed by atoms with Gasteiger partial charge in [0.15, 0.2) is 5.37 Å². The smallest absolute Gasteiger partial charge is 0.288 e. The molecule has 3 amide bonds. The van der Waals surface area contributed by atoms with Crippen molar-refractivity contribution in [2.24, 2.45) is 0 Å². The van der Waals surface area contributed by atoms with E-state index in [-0.39, 0.29) is 11.7 Å². The molecule has 1 aliphatic rings. The van der Waals surface area contributed by atoms with Crippen LogP contribution in [0.2, 0.25) is 0 Å². The maximum atomic E-state index is 13.5. The fraction of sp³-hybridized carbons (Fsp3) is 0.130. The second-order valence-corrected chi connectivity index (χ2v) is 9.08. The van der Waals surface area contributed by atoms with Gasteiger partial charge in [0.1, 0.15) is 0 Å². The van der Waals surface area contributed by atoms with Crippen molar-refractivity contribution in [2.75, 3.05) is 4.90 Å². The average Bonchev–Trinajstić information content (AvgIpc) is 3.41. The van der Waals surface area contributed by atoms with E-state index in [2.05, 4.69) is 5.32 Å². The van der Waals surface area contributed by atoms with Gasteiger partial charge in [-0.15, -0.1) is 11.3 Å². The van der Waals surface area contributed by atoms with Crippen molar-refractivity contribution in [1.29, 1.82) is 0 Å². The van der Waals surface area contributed by atoms with Crippen LogP contribution in [0.4, 0.5) is 10.5 Å². The molecule has 1 aliphatic heterocycles. The Morgan fingerprint density at radius 2 is 1.58 bits per heavy atom. The molecule has 6 nitrogen and oxygen atoms in total. The van der Waals surface area contributed by atoms with Crippen molar-refractivity contribution < 1.29 is 19.2 Å². The van der Waals surface area contributed by atoms with Gasteiger partial charge in [-0.25, -0.2) is 0 Å². The first-order chi connectivity index (χ1) is 15.0. The van der Waals surface area contributed by atoms with Gasteiger partial charge in [-0.05, 0) is 43.0 Å². The van der Waals surface area contributed by atoms with Crippen LogP contribution >= 0.6 is 23.1 Å². The molecule has 156 valence electrons. The number of nitrogens with zero attached hydrogens (tertiary/aromatic N) is 1. The molecule has 1 N–H and O–H groups in total. The van der Waals surface area contributed by atoms with Gasteiger partial charge in [0.2, 0.25) is 11.7 Å². The Morgan fingerprint density at radius 3 is 2.19 bits per heavy atom. The maximum absolute atomic E-state index is 13.5. The van der Waals surface area contributed by atoms with E-state index in [9.17, 15) is 19.2 Å². The van der Waals surface area contributed by atoms with Gasteiger partial charge in [-0.2, -0.15) is 0 Å². The fourth-order valence-corrected chi connectivity index (χ4v) is 5.13. The van der Waals surface area contributed by atoms with Gasteiger partial charge in [0.05, 0.1) is 10.8 Å². The lowest BCUT2D eigenvalue weighted by Crippen LogP contribution is -2.45. The Balaban J connectivity index is 1.62. The third-order valence-corrected chi connectivity index (χ3v) is 7.09. The number of carbonyl (C=O) groups excluding carboxylic acids is 4. The summed E-state index contributed by atoms with van der Waals surface area (Å²) in [5, 5.41) is 0.777. The Kier molecular flexibility index (Phi) is 6.01. The number of para-hydroxylation sites is 1. The van der Waals surface area contributed by atoms with E-state index in [1.54, 1.807) is 67.6 Å². The highest BCUT2D eigenvalue weighted by atomic mass is 32.2. The van der Waals surface area contributed by atoms with Crippen LogP contribution in [-0.2, 0) is 9.59 Å². The minimum atomic E-state index is -0.977. The number of hydrogen-bond donors (Lipinski definition) is 1. The molecule has 0 radical (unpaired) electrons. The first-order valence-corrected chi connectivity index (χ1v) is 11.2. The molecule has 0 aliphatic carbocycles. The predicted molar refractivity (Wildman–Crippen MR) is 121 cm³/mol. The zero-order valence-electron chi connectivity index (χ0n) is 16.5. The molecule has 2 aromatic carbocycles. The number of rotatable bonds is 6. The summed E-state index contributed by atoms with van der Waals surface area (Å²) in [7, 11) is 0. The number of thioether (sulfide) groups is 1. The van der Waals surface area contributed by atoms with Crippen molar-refractivity contribution in [3.63, 3.8) is 0 Å². The monoisotopic (exact) mass is 450 g/mol. The summed E-state index contributed by atoms with van der Waals surface area (Å²) < 4.78 is 0. The summed E-state index contributed by atoms with van der Waals surface area (Å²) in [5.74, 6) is -1.56. The van der Waals surface area contributed by atoms with E-state index in [1.165, 1.54) is 16.2 Å². The van der Waals surface area contributed by atoms with Crippen LogP contribution in [0.5, 0.6) is 0 Å². The predicted octanol–water partition coefficient (Wildman–Crippen LogP) is 4.42. The number of hydrogen-bond acceptors (Lipinski definition) is 6. The standard InChI is InChI=1S/C23H18N2O4S2/c1-14(17-12-13-18(30-17)19(26)15-8-4-2-5-9-15)21(28)25(16-10-6-3-7-11-16)22-20(27)24-23(29)31-22/h2-14,22H,1H3,(H,24,27,29). The summed E-state index contributed by atoms with van der Waals surface area (Å²) in [6.07, 6.45) is 0. The van der Waals surface area contributed by atoms with E-state index in [0.29, 0.717) is 21.0 Å². The summed E-state index contributed by atoms with van der Waals surface area (Å²) in [5.41, 5.74) is 1.11. The quantitative estimate of drug-likeness (QED) is 0.562. The zero-order chi connectivity index (χ0) is 22.0. The highest BCUT2D eigenvalue weighted by molar-refractivity contribution is 8.15. The molecule has 0 spiro atoms. The van der Waals surface area contributed by atoms with Gasteiger partial charge in [-0.3, -0.25) is 29.4 Å². The maximum Gasteiger partial charge on any atom is 0.288 e. The lowest BCUT2D eigenvalue weighted by Gasteiger charge is -2.28. The Morgan fingerprint density at radius 1 is 0.935 bits per heavy atom. The van der Waals surface area contributed by atoms with Gasteiger partial charge in [-0.1, -0.05) is 48.5 Å². The molecule has 1 fully saturated rings. The highest BCUT2D eigenvalue weighted by Gasteiger charge is 2.41. The summed E-state index contributed by atoms with van der Waals surface area (Å²) in [4.78, 5) is 52.9. The third-order valence-electron chi connectivity index (χ3n) is 4.86. The van der Waals surface area contributed by atoms with Crippen molar-refractivity contribution in [1.82, 2.24) is 5.32 Å². The van der Waals surface area contributed by atoms with Crippen molar-refractivity contribution in [3.05, 3.63) is 88.1 Å². The number of nitrogens with one attached hydrogen (secondary N) is 1. The molecule has 2 heterocycles. The average molecular weight is 451 g/mol. The molecule has 0 bridgehead atoms. The van der Waals surface area contributed by atoms with Gasteiger partial charge in [0.25, 0.3) is 11.1 Å². The van der Waals surface area contributed by atoms with Gasteiger partial charge < -0.3 is 0 Å². The fourth-order valence-electron chi connectivity index (χ4n) is 3.25. The summed E-state index contributed by atoms with van der Waals surface area (Å²) in [6.45, 7) is 1.74. The molecule has 2 atom stereocenters. The van der Waals surface area contributed by atoms with Crippen LogP contribution in [0.15, 0.2) is 72.8 Å². The highest BCUT2D eigenvalue weighted by Crippen LogP contribution is 2.34. The molecule has 8 heteroatoms. The molecule has 31 heavy (non-hydrogen) atoms. The molecule has 1 saturated heterocycles. The van der Waals surface area contributed by atoms with E-state index < -0.39 is 22.4 Å². The van der Waals surface area contributed by atoms with Crippen LogP contribution in [0.3, 0.4) is 0 Å². The first kappa shape index (κ1) is 21.0. The molecule has 2 unspecified atom stereocenters. The second-order valence-electron chi connectivity index (χ2n) is 6.91. The van der Waals surface area contributed by atoms with Crippen LogP contribution < -0.4 is 10.2 Å². The van der Waals surface area contributed by atoms with Crippen LogP contribution in [0.25, 0.3) is 0 Å². The molecular formula is C23H18N2O4S2. The molecule has 4 rings (SSSR count). The Labute approximate surface area is 187 Å². The van der Waals surface area contributed by atoms with Crippen LogP contribution in [-0.4, -0.2) is 28.2 Å². The normalized spacial score (nSPS) is 16.6. The van der Waals surface area contributed by atoms with Crippen molar-refractivity contribution in [2.45, 2.75) is 18.2 Å². The number of carbonyl (C=O) groups is 4. The molecular weight excluding hydrogens is 432 g/mol. The first-order valence-electron chi connectivity index (χ1n) is 9.55. The number of amides is 3. The zero-order valence-corrected chi connectivity index (χ0v) is 18.1. The van der Waals surface area contributed by atoms with Gasteiger partial charge >= 0.3 is 0 Å². The minimum absolute atomic E-state index is 0.104. The van der Waals surface area contributed by atoms with Crippen molar-refractivity contribution in [3.8, 4) is 0 Å². The van der Waals surface area contributed by atoms with Crippen LogP contribution in [0.1, 0.15) is 33.0 Å². The lowest BCUT2D eigenvalue weighted by molar-refractivity contribution is -0.124. The number of imide groups is 1. The second kappa shape index (κ2) is 8.87. The Hall–Kier alpha value is -3.23. The van der Waals surface area contributed by atoms with Gasteiger partial charge in [0, 0.05) is 16.1 Å². The SMILES string of the molecule is CC(C(=O)N(c1ccccc1)C1SC(=O)NC1=O)c1ccc(C(=O)c2ccccc2)s1. The topological polar surface area (TPSA) is 83.6 Å². The molecule has 0 saturated carbocycles. The largest absolute Gasteiger partial charge is 0.290 e. The number of anilines is 1. The minimum Gasteiger partial charge on any atom is -0.290 e. The molecule has 3 aromatic rings. The van der Waals surface area contributed by atoms with E-state index in [0.717, 1.165) is 11.8 Å². The number of ketones is 1. The number of thiophene rings is 1.